The average molecular weight is 385 g/mol. The molecular formula is C22H24FNO4. The summed E-state index contributed by atoms with van der Waals surface area (Å²) < 4.78 is 24.0. The summed E-state index contributed by atoms with van der Waals surface area (Å²) in [6, 6.07) is 12.9. The zero-order chi connectivity index (χ0) is 20.1. The van der Waals surface area contributed by atoms with E-state index in [4.69, 9.17) is 9.47 Å². The largest absolute Gasteiger partial charge is 0.465 e. The number of esters is 1. The Morgan fingerprint density at radius 2 is 1.82 bits per heavy atom. The third-order valence-electron chi connectivity index (χ3n) is 5.34. The maximum absolute atomic E-state index is 13.8. The zero-order valence-electron chi connectivity index (χ0n) is 16.0. The number of carbonyl (C=O) groups is 2. The highest BCUT2D eigenvalue weighted by molar-refractivity contribution is 5.90. The number of nitrogens with one attached hydrogen (secondary N) is 1. The van der Waals surface area contributed by atoms with Gasteiger partial charge in [0, 0.05) is 13.2 Å². The van der Waals surface area contributed by atoms with Crippen molar-refractivity contribution < 1.29 is 23.5 Å². The van der Waals surface area contributed by atoms with E-state index in [9.17, 15) is 14.0 Å². The van der Waals surface area contributed by atoms with E-state index in [1.807, 2.05) is 6.92 Å². The minimum atomic E-state index is -0.819. The average Bonchev–Trinajstić information content (AvgIpc) is 2.73. The van der Waals surface area contributed by atoms with Gasteiger partial charge in [-0.15, -0.1) is 0 Å². The fraction of sp³-hybridized carbons (Fsp3) is 0.364. The Morgan fingerprint density at radius 3 is 2.43 bits per heavy atom. The number of halogens is 1. The molecule has 3 rings (SSSR count). The molecule has 1 aliphatic rings. The number of carbonyl (C=O) groups excluding carboxylic acids is 2. The molecule has 1 aliphatic heterocycles. The molecule has 1 amide bonds. The van der Waals surface area contributed by atoms with Gasteiger partial charge in [0.25, 0.3) is 0 Å². The van der Waals surface area contributed by atoms with Crippen molar-refractivity contribution in [1.29, 1.82) is 0 Å². The lowest BCUT2D eigenvalue weighted by Crippen LogP contribution is -2.48. The van der Waals surface area contributed by atoms with Crippen LogP contribution in [0.1, 0.15) is 47.3 Å². The van der Waals surface area contributed by atoms with Crippen LogP contribution in [-0.2, 0) is 19.7 Å². The first-order valence-corrected chi connectivity index (χ1v) is 9.29. The van der Waals surface area contributed by atoms with Crippen LogP contribution in [0.3, 0.4) is 0 Å². The van der Waals surface area contributed by atoms with E-state index in [1.165, 1.54) is 19.2 Å². The van der Waals surface area contributed by atoms with Crippen LogP contribution in [-0.4, -0.2) is 32.2 Å². The molecule has 0 aliphatic carbocycles. The molecule has 0 radical (unpaired) electrons. The lowest BCUT2D eigenvalue weighted by molar-refractivity contribution is -0.131. The first-order chi connectivity index (χ1) is 13.5. The number of amides is 1. The number of ether oxygens (including phenoxy) is 2. The zero-order valence-corrected chi connectivity index (χ0v) is 16.0. The first kappa shape index (κ1) is 20.0. The van der Waals surface area contributed by atoms with Gasteiger partial charge in [0.15, 0.2) is 0 Å². The van der Waals surface area contributed by atoms with Gasteiger partial charge >= 0.3 is 5.97 Å². The van der Waals surface area contributed by atoms with Gasteiger partial charge in [0.1, 0.15) is 5.82 Å². The van der Waals surface area contributed by atoms with Gasteiger partial charge < -0.3 is 14.8 Å². The van der Waals surface area contributed by atoms with Crippen molar-refractivity contribution in [3.8, 4) is 0 Å². The van der Waals surface area contributed by atoms with Gasteiger partial charge in [-0.2, -0.15) is 0 Å². The maximum Gasteiger partial charge on any atom is 0.337 e. The van der Waals surface area contributed by atoms with Crippen molar-refractivity contribution >= 4 is 11.9 Å². The van der Waals surface area contributed by atoms with E-state index < -0.39 is 11.4 Å². The van der Waals surface area contributed by atoms with Gasteiger partial charge in [-0.1, -0.05) is 24.3 Å². The van der Waals surface area contributed by atoms with Crippen LogP contribution in [0.4, 0.5) is 4.39 Å². The number of rotatable bonds is 5. The second-order valence-electron chi connectivity index (χ2n) is 7.01. The highest BCUT2D eigenvalue weighted by Crippen LogP contribution is 2.36. The Hall–Kier alpha value is -2.73. The molecule has 1 unspecified atom stereocenters. The van der Waals surface area contributed by atoms with Crippen LogP contribution in [0, 0.1) is 5.82 Å². The maximum atomic E-state index is 13.8. The SMILES string of the molecule is COC(=O)c1ccc(C(C)NC(=O)C2(c3cccc(F)c3)CCOCC2)cc1. The molecule has 148 valence electrons. The summed E-state index contributed by atoms with van der Waals surface area (Å²) in [6.45, 7) is 2.78. The fourth-order valence-corrected chi connectivity index (χ4v) is 3.60. The Morgan fingerprint density at radius 1 is 1.14 bits per heavy atom. The van der Waals surface area contributed by atoms with E-state index in [-0.39, 0.29) is 17.8 Å². The second kappa shape index (κ2) is 8.52. The van der Waals surface area contributed by atoms with E-state index in [2.05, 4.69) is 5.32 Å². The number of hydrogen-bond acceptors (Lipinski definition) is 4. The monoisotopic (exact) mass is 385 g/mol. The summed E-state index contributed by atoms with van der Waals surface area (Å²) in [5.41, 5.74) is 1.16. The molecule has 1 N–H and O–H groups in total. The molecule has 0 bridgehead atoms. The molecule has 2 aromatic rings. The fourth-order valence-electron chi connectivity index (χ4n) is 3.60. The van der Waals surface area contributed by atoms with Crippen LogP contribution in [0.5, 0.6) is 0 Å². The smallest absolute Gasteiger partial charge is 0.337 e. The number of hydrogen-bond donors (Lipinski definition) is 1. The van der Waals surface area contributed by atoms with Crippen LogP contribution in [0.15, 0.2) is 48.5 Å². The number of methoxy groups -OCH3 is 1. The molecule has 6 heteroatoms. The van der Waals surface area contributed by atoms with Gasteiger partial charge in [-0.25, -0.2) is 9.18 Å². The van der Waals surface area contributed by atoms with Crippen molar-refractivity contribution in [1.82, 2.24) is 5.32 Å². The van der Waals surface area contributed by atoms with E-state index >= 15 is 0 Å². The topological polar surface area (TPSA) is 64.6 Å². The lowest BCUT2D eigenvalue weighted by Gasteiger charge is -2.37. The highest BCUT2D eigenvalue weighted by atomic mass is 19.1. The van der Waals surface area contributed by atoms with Crippen LogP contribution in [0.2, 0.25) is 0 Å². The summed E-state index contributed by atoms with van der Waals surface area (Å²) in [6.07, 6.45) is 0.993. The van der Waals surface area contributed by atoms with Crippen LogP contribution in [0.25, 0.3) is 0 Å². The quantitative estimate of drug-likeness (QED) is 0.800. The molecule has 1 atom stereocenters. The Bertz CT molecular complexity index is 844. The molecule has 5 nitrogen and oxygen atoms in total. The standard InChI is InChI=1S/C22H24FNO4/c1-15(16-6-8-17(9-7-16)20(25)27-2)24-21(26)22(10-12-28-13-11-22)18-4-3-5-19(23)14-18/h3-9,14-15H,10-13H2,1-2H3,(H,24,26). The van der Waals surface area contributed by atoms with E-state index in [0.717, 1.165) is 5.56 Å². The van der Waals surface area contributed by atoms with Crippen LogP contribution < -0.4 is 5.32 Å². The summed E-state index contributed by atoms with van der Waals surface area (Å²) in [4.78, 5) is 24.8. The lowest BCUT2D eigenvalue weighted by atomic mass is 9.73. The molecule has 0 aromatic heterocycles. The summed E-state index contributed by atoms with van der Waals surface area (Å²) >= 11 is 0. The first-order valence-electron chi connectivity index (χ1n) is 9.29. The predicted octanol–water partition coefficient (Wildman–Crippen LogP) is 3.54. The van der Waals surface area contributed by atoms with Gasteiger partial charge in [0.2, 0.25) is 5.91 Å². The van der Waals surface area contributed by atoms with E-state index in [0.29, 0.717) is 37.2 Å². The van der Waals surface area contributed by atoms with Crippen molar-refractivity contribution in [2.24, 2.45) is 0 Å². The minimum absolute atomic E-state index is 0.147. The Balaban J connectivity index is 1.81. The molecule has 1 saturated heterocycles. The van der Waals surface area contributed by atoms with Crippen molar-refractivity contribution in [3.63, 3.8) is 0 Å². The normalized spacial score (nSPS) is 16.8. The van der Waals surface area contributed by atoms with Gasteiger partial charge in [0.05, 0.1) is 24.1 Å². The molecular weight excluding hydrogens is 361 g/mol. The van der Waals surface area contributed by atoms with E-state index in [1.54, 1.807) is 36.4 Å². The van der Waals surface area contributed by atoms with Crippen molar-refractivity contribution in [3.05, 3.63) is 71.0 Å². The summed E-state index contributed by atoms with van der Waals surface area (Å²) in [5, 5.41) is 3.05. The molecule has 0 saturated carbocycles. The molecule has 0 spiro atoms. The Kier molecular flexibility index (Phi) is 6.09. The minimum Gasteiger partial charge on any atom is -0.465 e. The molecule has 1 fully saturated rings. The second-order valence-corrected chi connectivity index (χ2v) is 7.01. The third kappa shape index (κ3) is 4.07. The predicted molar refractivity (Wildman–Crippen MR) is 102 cm³/mol. The van der Waals surface area contributed by atoms with Crippen molar-refractivity contribution in [2.75, 3.05) is 20.3 Å². The molecule has 2 aromatic carbocycles. The summed E-state index contributed by atoms with van der Waals surface area (Å²) in [5.74, 6) is -0.913. The molecule has 28 heavy (non-hydrogen) atoms. The summed E-state index contributed by atoms with van der Waals surface area (Å²) in [7, 11) is 1.33. The third-order valence-corrected chi connectivity index (χ3v) is 5.34. The van der Waals surface area contributed by atoms with Crippen molar-refractivity contribution in [2.45, 2.75) is 31.2 Å². The van der Waals surface area contributed by atoms with Gasteiger partial charge in [-0.3, -0.25) is 4.79 Å². The highest BCUT2D eigenvalue weighted by Gasteiger charge is 2.42. The van der Waals surface area contributed by atoms with Crippen LogP contribution >= 0.6 is 0 Å². The Labute approximate surface area is 163 Å². The molecule has 1 heterocycles. The number of benzene rings is 2. The van der Waals surface area contributed by atoms with Gasteiger partial charge in [-0.05, 0) is 55.2 Å².